The van der Waals surface area contributed by atoms with E-state index in [0.29, 0.717) is 6.61 Å². The molecular weight excluding hydrogens is 242 g/mol. The average molecular weight is 273 g/mol. The summed E-state index contributed by atoms with van der Waals surface area (Å²) in [5, 5.41) is 21.4. The van der Waals surface area contributed by atoms with Gasteiger partial charge in [-0.15, -0.1) is 0 Å². The van der Waals surface area contributed by atoms with Crippen LogP contribution < -0.4 is 0 Å². The molecule has 1 heterocycles. The van der Waals surface area contributed by atoms with Crippen LogP contribution in [-0.2, 0) is 4.74 Å². The van der Waals surface area contributed by atoms with Gasteiger partial charge in [0, 0.05) is 11.1 Å². The molecule has 114 valence electrons. The van der Waals surface area contributed by atoms with Gasteiger partial charge in [0.05, 0.1) is 19.3 Å². The number of aliphatic hydroxyl groups is 1. The summed E-state index contributed by atoms with van der Waals surface area (Å²) in [4.78, 5) is 0. The number of nitrogens with zero attached hydrogens (tertiary/aromatic N) is 1. The number of hydroxylamine groups is 2. The highest BCUT2D eigenvalue weighted by molar-refractivity contribution is 5.03. The van der Waals surface area contributed by atoms with Crippen molar-refractivity contribution in [1.82, 2.24) is 5.06 Å². The maximum absolute atomic E-state index is 10.8. The Bertz CT molecular complexity index is 240. The zero-order valence-corrected chi connectivity index (χ0v) is 13.0. The Morgan fingerprint density at radius 1 is 1.00 bits per heavy atom. The van der Waals surface area contributed by atoms with Crippen molar-refractivity contribution in [2.75, 3.05) is 13.2 Å². The summed E-state index contributed by atoms with van der Waals surface area (Å²) in [5.41, 5.74) is -0.380. The van der Waals surface area contributed by atoms with Gasteiger partial charge in [0.15, 0.2) is 0 Å². The van der Waals surface area contributed by atoms with Gasteiger partial charge in [0.2, 0.25) is 0 Å². The van der Waals surface area contributed by atoms with E-state index >= 15 is 0 Å². The molecule has 0 unspecified atom stereocenters. The zero-order valence-electron chi connectivity index (χ0n) is 13.0. The molecule has 0 radical (unpaired) electrons. The molecule has 0 aromatic rings. The maximum Gasteiger partial charge on any atom is 0.0701 e. The first kappa shape index (κ1) is 16.9. The fourth-order valence-electron chi connectivity index (χ4n) is 3.61. The van der Waals surface area contributed by atoms with Gasteiger partial charge in [-0.25, -0.2) is 0 Å². The van der Waals surface area contributed by atoms with Crippen LogP contribution in [0.4, 0.5) is 0 Å². The van der Waals surface area contributed by atoms with Crippen LogP contribution in [-0.4, -0.2) is 45.8 Å². The monoisotopic (exact) mass is 273 g/mol. The first-order valence-corrected chi connectivity index (χ1v) is 7.75. The third-order valence-electron chi connectivity index (χ3n) is 5.19. The molecule has 0 bridgehead atoms. The molecule has 4 nitrogen and oxygen atoms in total. The number of hydrogen-bond acceptors (Lipinski definition) is 4. The molecule has 4 heteroatoms. The van der Waals surface area contributed by atoms with E-state index < -0.39 is 0 Å². The van der Waals surface area contributed by atoms with E-state index in [9.17, 15) is 5.21 Å². The molecule has 0 aliphatic carbocycles. The van der Waals surface area contributed by atoms with E-state index in [2.05, 4.69) is 27.7 Å². The topological polar surface area (TPSA) is 52.9 Å². The summed E-state index contributed by atoms with van der Waals surface area (Å²) in [6.07, 6.45) is 5.50. The molecule has 0 atom stereocenters. The van der Waals surface area contributed by atoms with Crippen molar-refractivity contribution in [2.45, 2.75) is 83.4 Å². The normalized spacial score (nSPS) is 23.7. The summed E-state index contributed by atoms with van der Waals surface area (Å²) in [6.45, 7) is 9.00. The van der Waals surface area contributed by atoms with Gasteiger partial charge < -0.3 is 15.1 Å². The predicted octanol–water partition coefficient (Wildman–Crippen LogP) is 2.97. The van der Waals surface area contributed by atoms with E-state index in [-0.39, 0.29) is 23.8 Å². The molecule has 1 aliphatic heterocycles. The van der Waals surface area contributed by atoms with Crippen LogP contribution >= 0.6 is 0 Å². The van der Waals surface area contributed by atoms with Crippen molar-refractivity contribution in [1.29, 1.82) is 0 Å². The number of rotatable bonds is 7. The van der Waals surface area contributed by atoms with Gasteiger partial charge in [-0.05, 0) is 38.5 Å². The molecule has 1 fully saturated rings. The van der Waals surface area contributed by atoms with E-state index in [1.54, 1.807) is 5.06 Å². The second-order valence-electron chi connectivity index (χ2n) is 5.80. The fourth-order valence-corrected chi connectivity index (χ4v) is 3.61. The van der Waals surface area contributed by atoms with Crippen LogP contribution in [0.1, 0.15) is 66.2 Å². The van der Waals surface area contributed by atoms with Crippen LogP contribution in [0, 0.1) is 0 Å². The first-order valence-electron chi connectivity index (χ1n) is 7.75. The first-order chi connectivity index (χ1) is 9.04. The minimum atomic E-state index is -0.190. The van der Waals surface area contributed by atoms with E-state index in [1.165, 1.54) is 0 Å². The average Bonchev–Trinajstić information content (AvgIpc) is 2.46. The second kappa shape index (κ2) is 7.02. The van der Waals surface area contributed by atoms with E-state index in [1.807, 2.05) is 0 Å². The number of piperidine rings is 1. The van der Waals surface area contributed by atoms with Gasteiger partial charge in [0.1, 0.15) is 0 Å². The minimum Gasteiger partial charge on any atom is -0.394 e. The number of hydrogen-bond donors (Lipinski definition) is 2. The van der Waals surface area contributed by atoms with E-state index in [4.69, 9.17) is 9.84 Å². The summed E-state index contributed by atoms with van der Waals surface area (Å²) in [5.74, 6) is 0. The Morgan fingerprint density at radius 3 is 1.74 bits per heavy atom. The van der Waals surface area contributed by atoms with Crippen molar-refractivity contribution in [3.8, 4) is 0 Å². The smallest absolute Gasteiger partial charge is 0.0701 e. The lowest BCUT2D eigenvalue weighted by Gasteiger charge is -2.56. The Hall–Kier alpha value is -0.160. The minimum absolute atomic E-state index is 0.0653. The SMILES string of the molecule is CCC1(CC)CC(OCCO)CC(CC)(CC)N1O. The largest absolute Gasteiger partial charge is 0.394 e. The van der Waals surface area contributed by atoms with Crippen LogP contribution in [0.15, 0.2) is 0 Å². The fraction of sp³-hybridized carbons (Fsp3) is 1.00. The van der Waals surface area contributed by atoms with Gasteiger partial charge in [-0.1, -0.05) is 27.7 Å². The van der Waals surface area contributed by atoms with Gasteiger partial charge >= 0.3 is 0 Å². The highest BCUT2D eigenvalue weighted by atomic mass is 16.5. The molecule has 1 aliphatic rings. The number of ether oxygens (including phenoxy) is 1. The van der Waals surface area contributed by atoms with Gasteiger partial charge in [-0.2, -0.15) is 5.06 Å². The van der Waals surface area contributed by atoms with Crippen molar-refractivity contribution >= 4 is 0 Å². The highest BCUT2D eigenvalue weighted by Gasteiger charge is 2.51. The highest BCUT2D eigenvalue weighted by Crippen LogP contribution is 2.45. The molecule has 1 rings (SSSR count). The van der Waals surface area contributed by atoms with Crippen molar-refractivity contribution in [3.05, 3.63) is 0 Å². The van der Waals surface area contributed by atoms with Crippen LogP contribution in [0.3, 0.4) is 0 Å². The lowest BCUT2D eigenvalue weighted by Crippen LogP contribution is -2.64. The quantitative estimate of drug-likeness (QED) is 0.749. The van der Waals surface area contributed by atoms with Crippen LogP contribution in [0.25, 0.3) is 0 Å². The standard InChI is InChI=1S/C15H31NO3/c1-5-14(6-2)11-13(19-10-9-17)12-15(7-3,8-4)16(14)18/h13,17-18H,5-12H2,1-4H3. The van der Waals surface area contributed by atoms with Crippen LogP contribution in [0.2, 0.25) is 0 Å². The van der Waals surface area contributed by atoms with E-state index in [0.717, 1.165) is 38.5 Å². The van der Waals surface area contributed by atoms with Gasteiger partial charge in [0.25, 0.3) is 0 Å². The van der Waals surface area contributed by atoms with Crippen LogP contribution in [0.5, 0.6) is 0 Å². The van der Waals surface area contributed by atoms with Crippen molar-refractivity contribution < 1.29 is 15.1 Å². The second-order valence-corrected chi connectivity index (χ2v) is 5.80. The Morgan fingerprint density at radius 2 is 1.42 bits per heavy atom. The van der Waals surface area contributed by atoms with Crippen molar-refractivity contribution in [2.24, 2.45) is 0 Å². The summed E-state index contributed by atoms with van der Waals surface area (Å²) in [6, 6.07) is 0. The Labute approximate surface area is 117 Å². The number of aliphatic hydroxyl groups excluding tert-OH is 1. The van der Waals surface area contributed by atoms with Crippen molar-refractivity contribution in [3.63, 3.8) is 0 Å². The molecule has 2 N–H and O–H groups in total. The summed E-state index contributed by atoms with van der Waals surface area (Å²) >= 11 is 0. The Balaban J connectivity index is 2.99. The molecule has 0 spiro atoms. The molecule has 0 saturated carbocycles. The summed E-state index contributed by atoms with van der Waals surface area (Å²) < 4.78 is 5.81. The molecule has 0 amide bonds. The lowest BCUT2D eigenvalue weighted by atomic mass is 9.72. The Kier molecular flexibility index (Phi) is 6.24. The third kappa shape index (κ3) is 3.13. The molecule has 0 aromatic carbocycles. The molecule has 1 saturated heterocycles. The third-order valence-corrected chi connectivity index (χ3v) is 5.19. The molecular formula is C15H31NO3. The molecule has 0 aromatic heterocycles. The van der Waals surface area contributed by atoms with Gasteiger partial charge in [-0.3, -0.25) is 0 Å². The zero-order chi connectivity index (χ0) is 14.5. The molecule has 19 heavy (non-hydrogen) atoms. The maximum atomic E-state index is 10.8. The summed E-state index contributed by atoms with van der Waals surface area (Å²) in [7, 11) is 0. The predicted molar refractivity (Wildman–Crippen MR) is 76.3 cm³/mol. The lowest BCUT2D eigenvalue weighted by molar-refractivity contribution is -0.285.